The summed E-state index contributed by atoms with van der Waals surface area (Å²) >= 11 is 0. The maximum Gasteiger partial charge on any atom is 0.306 e. The predicted octanol–water partition coefficient (Wildman–Crippen LogP) is 25.7. The van der Waals surface area contributed by atoms with Crippen LogP contribution in [0, 0.1) is 0 Å². The van der Waals surface area contributed by atoms with E-state index in [-0.39, 0.29) is 31.1 Å². The molecule has 0 aliphatic heterocycles. The molecule has 0 fully saturated rings. The Labute approximate surface area is 518 Å². The van der Waals surface area contributed by atoms with Gasteiger partial charge in [-0.25, -0.2) is 0 Å². The molecule has 0 aromatic heterocycles. The molecular formula is C77H142O6. The van der Waals surface area contributed by atoms with Crippen LogP contribution >= 0.6 is 0 Å². The predicted molar refractivity (Wildman–Crippen MR) is 362 cm³/mol. The monoisotopic (exact) mass is 1160 g/mol. The van der Waals surface area contributed by atoms with E-state index >= 15 is 0 Å². The van der Waals surface area contributed by atoms with E-state index in [1.54, 1.807) is 0 Å². The zero-order valence-electron chi connectivity index (χ0n) is 56.0. The van der Waals surface area contributed by atoms with Crippen molar-refractivity contribution in [3.63, 3.8) is 0 Å². The number of allylic oxidation sites excluding steroid dienone is 8. The first-order valence-electron chi connectivity index (χ1n) is 37.1. The molecule has 0 saturated heterocycles. The highest BCUT2D eigenvalue weighted by atomic mass is 16.6. The average Bonchev–Trinajstić information content (AvgIpc) is 3.49. The number of carbonyl (C=O) groups is 3. The highest BCUT2D eigenvalue weighted by Gasteiger charge is 2.19. The number of rotatable bonds is 69. The smallest absolute Gasteiger partial charge is 0.306 e. The van der Waals surface area contributed by atoms with Gasteiger partial charge in [0, 0.05) is 19.3 Å². The summed E-state index contributed by atoms with van der Waals surface area (Å²) in [5, 5.41) is 0. The summed E-state index contributed by atoms with van der Waals surface area (Å²) in [5.74, 6) is -0.870. The van der Waals surface area contributed by atoms with Crippen molar-refractivity contribution in [1.29, 1.82) is 0 Å². The molecule has 0 aromatic rings. The Balaban J connectivity index is 4.08. The van der Waals surface area contributed by atoms with Crippen LogP contribution in [0.4, 0.5) is 0 Å². The third-order valence-corrected chi connectivity index (χ3v) is 16.8. The van der Waals surface area contributed by atoms with E-state index < -0.39 is 6.10 Å². The highest BCUT2D eigenvalue weighted by Crippen LogP contribution is 2.19. The lowest BCUT2D eigenvalue weighted by Gasteiger charge is -2.18. The number of unbranched alkanes of at least 4 members (excludes halogenated alkanes) is 50. The molecule has 486 valence electrons. The van der Waals surface area contributed by atoms with Crippen molar-refractivity contribution in [3.8, 4) is 0 Å². The zero-order valence-corrected chi connectivity index (χ0v) is 56.0. The van der Waals surface area contributed by atoms with Gasteiger partial charge in [0.25, 0.3) is 0 Å². The Morgan fingerprint density at radius 3 is 0.723 bits per heavy atom. The molecule has 0 bridgehead atoms. The van der Waals surface area contributed by atoms with Crippen LogP contribution in [0.3, 0.4) is 0 Å². The van der Waals surface area contributed by atoms with Gasteiger partial charge in [0.1, 0.15) is 13.2 Å². The summed E-state index contributed by atoms with van der Waals surface area (Å²) in [6.07, 6.45) is 91.7. The summed E-state index contributed by atoms with van der Waals surface area (Å²) in [5.41, 5.74) is 0. The SMILES string of the molecule is CCC/C=C\C/C=C\CCCCCCCC(=O)OCC(COC(=O)CCCCCCCCCCCCCCCCCCCCCCCCC/C=C\CCCCCCCCCC)OC(=O)CCCCCCCCC/C=C\CCCCCCCC. The van der Waals surface area contributed by atoms with Crippen LogP contribution in [0.15, 0.2) is 48.6 Å². The van der Waals surface area contributed by atoms with Crippen molar-refractivity contribution in [2.75, 3.05) is 13.2 Å². The molecule has 0 radical (unpaired) electrons. The standard InChI is InChI=1S/C77H142O6/c1-4-7-10-13-16-19-22-25-27-29-30-31-32-33-34-35-36-37-38-39-40-41-42-43-44-45-46-48-49-52-55-58-61-64-67-70-76(79)82-73-74(72-81-75(78)69-66-63-60-57-54-51-24-21-18-15-12-9-6-3)83-77(80)71-68-65-62-59-56-53-50-47-28-26-23-20-17-14-11-8-5-2/h12,15,21,24,26,28-30,74H,4-11,13-14,16-20,22-23,25,27,31-73H2,1-3H3/b15-12-,24-21-,28-26-,30-29-. The van der Waals surface area contributed by atoms with E-state index in [0.29, 0.717) is 19.3 Å². The highest BCUT2D eigenvalue weighted by molar-refractivity contribution is 5.71. The minimum atomic E-state index is -0.780. The van der Waals surface area contributed by atoms with Gasteiger partial charge in [0.15, 0.2) is 6.10 Å². The first kappa shape index (κ1) is 80.4. The average molecular weight is 1160 g/mol. The quantitative estimate of drug-likeness (QED) is 0.0261. The maximum absolute atomic E-state index is 12.9. The van der Waals surface area contributed by atoms with Crippen molar-refractivity contribution in [2.45, 2.75) is 412 Å². The fraction of sp³-hybridized carbons (Fsp3) is 0.857. The van der Waals surface area contributed by atoms with Gasteiger partial charge in [-0.2, -0.15) is 0 Å². The number of esters is 3. The van der Waals surface area contributed by atoms with Crippen LogP contribution in [0.25, 0.3) is 0 Å². The molecule has 6 nitrogen and oxygen atoms in total. The second-order valence-electron chi connectivity index (χ2n) is 25.2. The molecule has 1 atom stereocenters. The number of carbonyl (C=O) groups excluding carboxylic acids is 3. The fourth-order valence-corrected chi connectivity index (χ4v) is 11.2. The summed E-state index contributed by atoms with van der Waals surface area (Å²) in [6, 6.07) is 0. The Bertz CT molecular complexity index is 1430. The van der Waals surface area contributed by atoms with Crippen molar-refractivity contribution < 1.29 is 28.6 Å². The lowest BCUT2D eigenvalue weighted by Crippen LogP contribution is -2.30. The first-order valence-corrected chi connectivity index (χ1v) is 37.1. The Kier molecular flexibility index (Phi) is 69.6. The Morgan fingerprint density at radius 1 is 0.241 bits per heavy atom. The molecule has 1 unspecified atom stereocenters. The van der Waals surface area contributed by atoms with Crippen LogP contribution < -0.4 is 0 Å². The van der Waals surface area contributed by atoms with Crippen LogP contribution in [-0.2, 0) is 28.6 Å². The van der Waals surface area contributed by atoms with E-state index in [1.165, 1.54) is 283 Å². The van der Waals surface area contributed by atoms with Crippen LogP contribution in [-0.4, -0.2) is 37.2 Å². The molecule has 83 heavy (non-hydrogen) atoms. The lowest BCUT2D eigenvalue weighted by molar-refractivity contribution is -0.167. The summed E-state index contributed by atoms with van der Waals surface area (Å²) in [7, 11) is 0. The number of ether oxygens (including phenoxy) is 3. The molecule has 0 rings (SSSR count). The minimum absolute atomic E-state index is 0.0753. The van der Waals surface area contributed by atoms with Crippen molar-refractivity contribution in [2.24, 2.45) is 0 Å². The van der Waals surface area contributed by atoms with Crippen molar-refractivity contribution >= 4 is 17.9 Å². The van der Waals surface area contributed by atoms with Gasteiger partial charge in [0.05, 0.1) is 0 Å². The molecule has 0 N–H and O–H groups in total. The van der Waals surface area contributed by atoms with Gasteiger partial charge in [-0.1, -0.05) is 339 Å². The van der Waals surface area contributed by atoms with Crippen LogP contribution in [0.5, 0.6) is 0 Å². The summed E-state index contributed by atoms with van der Waals surface area (Å²) in [6.45, 7) is 6.62. The van der Waals surface area contributed by atoms with Gasteiger partial charge < -0.3 is 14.2 Å². The topological polar surface area (TPSA) is 78.9 Å². The molecule has 0 amide bonds. The summed E-state index contributed by atoms with van der Waals surface area (Å²) in [4.78, 5) is 38.4. The number of hydrogen-bond acceptors (Lipinski definition) is 6. The van der Waals surface area contributed by atoms with Crippen molar-refractivity contribution in [1.82, 2.24) is 0 Å². The largest absolute Gasteiger partial charge is 0.462 e. The number of hydrogen-bond donors (Lipinski definition) is 0. The lowest BCUT2D eigenvalue weighted by atomic mass is 10.0. The normalized spacial score (nSPS) is 12.3. The molecule has 0 heterocycles. The second kappa shape index (κ2) is 71.8. The van der Waals surface area contributed by atoms with Crippen LogP contribution in [0.2, 0.25) is 0 Å². The summed E-state index contributed by atoms with van der Waals surface area (Å²) < 4.78 is 17.0. The van der Waals surface area contributed by atoms with Crippen molar-refractivity contribution in [3.05, 3.63) is 48.6 Å². The van der Waals surface area contributed by atoms with E-state index in [9.17, 15) is 14.4 Å². The van der Waals surface area contributed by atoms with E-state index in [0.717, 1.165) is 83.5 Å². The minimum Gasteiger partial charge on any atom is -0.462 e. The third kappa shape index (κ3) is 70.0. The van der Waals surface area contributed by atoms with Gasteiger partial charge in [-0.3, -0.25) is 14.4 Å². The Morgan fingerprint density at radius 2 is 0.458 bits per heavy atom. The molecule has 0 saturated carbocycles. The molecular weight excluding hydrogens is 1020 g/mol. The van der Waals surface area contributed by atoms with Gasteiger partial charge >= 0.3 is 17.9 Å². The molecule has 0 spiro atoms. The zero-order chi connectivity index (χ0) is 59.9. The van der Waals surface area contributed by atoms with Crippen LogP contribution in [0.1, 0.15) is 406 Å². The molecule has 0 aliphatic carbocycles. The molecule has 6 heteroatoms. The fourth-order valence-electron chi connectivity index (χ4n) is 11.2. The van der Waals surface area contributed by atoms with E-state index in [4.69, 9.17) is 14.2 Å². The van der Waals surface area contributed by atoms with E-state index in [2.05, 4.69) is 69.4 Å². The third-order valence-electron chi connectivity index (χ3n) is 16.8. The van der Waals surface area contributed by atoms with Gasteiger partial charge in [-0.05, 0) is 96.3 Å². The maximum atomic E-state index is 12.9. The molecule has 0 aliphatic rings. The first-order chi connectivity index (χ1) is 41.0. The Hall–Kier alpha value is -2.63. The van der Waals surface area contributed by atoms with Gasteiger partial charge in [0.2, 0.25) is 0 Å². The van der Waals surface area contributed by atoms with E-state index in [1.807, 2.05) is 0 Å². The second-order valence-corrected chi connectivity index (χ2v) is 25.2. The van der Waals surface area contributed by atoms with Gasteiger partial charge in [-0.15, -0.1) is 0 Å². The molecule has 0 aromatic carbocycles.